The van der Waals surface area contributed by atoms with Crippen molar-refractivity contribution in [1.29, 1.82) is 0 Å². The molecule has 3 heteroatoms. The quantitative estimate of drug-likeness (QED) is 0.710. The van der Waals surface area contributed by atoms with Crippen LogP contribution in [0.4, 0.5) is 0 Å². The Bertz CT molecular complexity index is 270. The highest BCUT2D eigenvalue weighted by atomic mass is 16.6. The van der Waals surface area contributed by atoms with E-state index in [0.29, 0.717) is 6.61 Å². The molecule has 1 aliphatic heterocycles. The molecule has 2 heterocycles. The molecule has 0 atom stereocenters. The lowest BCUT2D eigenvalue weighted by Crippen LogP contribution is -1.96. The Kier molecular flexibility index (Phi) is 8.34. The second kappa shape index (κ2) is 9.19. The molecule has 2 rings (SSSR count). The van der Waals surface area contributed by atoms with E-state index in [1.807, 2.05) is 39.8 Å². The van der Waals surface area contributed by atoms with Crippen LogP contribution in [0.3, 0.4) is 0 Å². The molecule has 0 amide bonds. The highest BCUT2D eigenvalue weighted by Crippen LogP contribution is 2.08. The van der Waals surface area contributed by atoms with Gasteiger partial charge in [-0.15, -0.1) is 0 Å². The molecule has 0 spiro atoms. The fraction of sp³-hybridized carbons (Fsp3) is 0.500. The average molecular weight is 208 g/mol. The summed E-state index contributed by atoms with van der Waals surface area (Å²) in [6.45, 7) is 8.70. The Labute approximate surface area is 92.2 Å². The molecule has 0 aromatic carbocycles. The summed E-state index contributed by atoms with van der Waals surface area (Å²) in [6.07, 6.45) is 4.44. The SMILES string of the molecule is CC.CC.c1cncc(C2=NOCC2)c1. The molecule has 0 fully saturated rings. The van der Waals surface area contributed by atoms with Gasteiger partial charge in [0.15, 0.2) is 0 Å². The van der Waals surface area contributed by atoms with Gasteiger partial charge in [-0.3, -0.25) is 4.98 Å². The monoisotopic (exact) mass is 208 g/mol. The minimum atomic E-state index is 0.699. The topological polar surface area (TPSA) is 34.5 Å². The summed E-state index contributed by atoms with van der Waals surface area (Å²) < 4.78 is 0. The van der Waals surface area contributed by atoms with Crippen molar-refractivity contribution in [3.05, 3.63) is 30.1 Å². The van der Waals surface area contributed by atoms with Gasteiger partial charge in [-0.2, -0.15) is 0 Å². The van der Waals surface area contributed by atoms with E-state index in [2.05, 4.69) is 10.1 Å². The van der Waals surface area contributed by atoms with Crippen molar-refractivity contribution in [2.75, 3.05) is 6.61 Å². The van der Waals surface area contributed by atoms with Crippen molar-refractivity contribution in [2.24, 2.45) is 5.16 Å². The molecule has 0 N–H and O–H groups in total. The number of oxime groups is 1. The first kappa shape index (κ1) is 13.6. The van der Waals surface area contributed by atoms with Gasteiger partial charge in [0, 0.05) is 24.4 Å². The van der Waals surface area contributed by atoms with Gasteiger partial charge in [0.2, 0.25) is 0 Å². The van der Waals surface area contributed by atoms with Crippen molar-refractivity contribution in [3.63, 3.8) is 0 Å². The van der Waals surface area contributed by atoms with Gasteiger partial charge in [-0.25, -0.2) is 0 Å². The van der Waals surface area contributed by atoms with Gasteiger partial charge in [-0.1, -0.05) is 32.9 Å². The molecule has 0 aliphatic carbocycles. The number of aromatic nitrogens is 1. The van der Waals surface area contributed by atoms with Crippen LogP contribution in [0.1, 0.15) is 39.7 Å². The van der Waals surface area contributed by atoms with Gasteiger partial charge in [0.1, 0.15) is 6.61 Å². The highest BCUT2D eigenvalue weighted by Gasteiger charge is 2.09. The largest absolute Gasteiger partial charge is 0.395 e. The molecule has 1 aromatic heterocycles. The van der Waals surface area contributed by atoms with Crippen molar-refractivity contribution in [3.8, 4) is 0 Å². The van der Waals surface area contributed by atoms with Crippen LogP contribution < -0.4 is 0 Å². The van der Waals surface area contributed by atoms with Gasteiger partial charge in [0.05, 0.1) is 5.71 Å². The molecule has 1 aliphatic rings. The van der Waals surface area contributed by atoms with Gasteiger partial charge >= 0.3 is 0 Å². The third-order valence-corrected chi connectivity index (χ3v) is 1.60. The lowest BCUT2D eigenvalue weighted by Gasteiger charge is -1.93. The second-order valence-corrected chi connectivity index (χ2v) is 2.36. The van der Waals surface area contributed by atoms with E-state index >= 15 is 0 Å². The third-order valence-electron chi connectivity index (χ3n) is 1.60. The lowest BCUT2D eigenvalue weighted by molar-refractivity contribution is 0.174. The van der Waals surface area contributed by atoms with E-state index in [0.717, 1.165) is 17.7 Å². The van der Waals surface area contributed by atoms with Crippen LogP contribution >= 0.6 is 0 Å². The zero-order valence-electron chi connectivity index (χ0n) is 10.0. The van der Waals surface area contributed by atoms with Crippen molar-refractivity contribution in [2.45, 2.75) is 34.1 Å². The van der Waals surface area contributed by atoms with Crippen LogP contribution in [-0.2, 0) is 4.84 Å². The van der Waals surface area contributed by atoms with E-state index in [1.165, 1.54) is 0 Å². The van der Waals surface area contributed by atoms with Crippen LogP contribution in [0.15, 0.2) is 29.7 Å². The number of pyridine rings is 1. The van der Waals surface area contributed by atoms with Gasteiger partial charge in [-0.05, 0) is 12.1 Å². The molecular weight excluding hydrogens is 188 g/mol. The van der Waals surface area contributed by atoms with Gasteiger partial charge in [0.25, 0.3) is 0 Å². The van der Waals surface area contributed by atoms with Crippen molar-refractivity contribution >= 4 is 5.71 Å². The minimum Gasteiger partial charge on any atom is -0.395 e. The maximum atomic E-state index is 4.87. The summed E-state index contributed by atoms with van der Waals surface area (Å²) >= 11 is 0. The second-order valence-electron chi connectivity index (χ2n) is 2.36. The van der Waals surface area contributed by atoms with E-state index in [9.17, 15) is 0 Å². The first-order valence-corrected chi connectivity index (χ1v) is 5.56. The molecule has 0 radical (unpaired) electrons. The minimum absolute atomic E-state index is 0.699. The first-order valence-electron chi connectivity index (χ1n) is 5.56. The molecule has 3 nitrogen and oxygen atoms in total. The molecule has 0 unspecified atom stereocenters. The molecule has 1 aromatic rings. The number of rotatable bonds is 1. The smallest absolute Gasteiger partial charge is 0.122 e. The van der Waals surface area contributed by atoms with E-state index < -0.39 is 0 Å². The van der Waals surface area contributed by atoms with Crippen molar-refractivity contribution < 1.29 is 4.84 Å². The van der Waals surface area contributed by atoms with Crippen LogP contribution in [0, 0.1) is 0 Å². The normalized spacial score (nSPS) is 12.4. The summed E-state index contributed by atoms with van der Waals surface area (Å²) in [7, 11) is 0. The van der Waals surface area contributed by atoms with Crippen LogP contribution in [0.25, 0.3) is 0 Å². The summed E-state index contributed by atoms with van der Waals surface area (Å²) in [5, 5.41) is 3.88. The first-order chi connectivity index (χ1) is 7.47. The van der Waals surface area contributed by atoms with Crippen LogP contribution in [-0.4, -0.2) is 17.3 Å². The highest BCUT2D eigenvalue weighted by molar-refractivity contribution is 6.00. The summed E-state index contributed by atoms with van der Waals surface area (Å²) in [4.78, 5) is 8.86. The van der Waals surface area contributed by atoms with Crippen molar-refractivity contribution in [1.82, 2.24) is 4.98 Å². The Hall–Kier alpha value is -1.38. The molecular formula is C12H20N2O. The Balaban J connectivity index is 0.000000442. The predicted molar refractivity (Wildman–Crippen MR) is 64.0 cm³/mol. The molecule has 0 saturated carbocycles. The number of hydrogen-bond donors (Lipinski definition) is 0. The molecule has 0 bridgehead atoms. The van der Waals surface area contributed by atoms with E-state index in [-0.39, 0.29) is 0 Å². The Morgan fingerprint density at radius 1 is 1.20 bits per heavy atom. The number of nitrogens with zero attached hydrogens (tertiary/aromatic N) is 2. The standard InChI is InChI=1S/C8H8N2O.2C2H6/c1-2-7(6-9-4-1)8-3-5-11-10-8;2*1-2/h1-2,4,6H,3,5H2;2*1-2H3. The summed E-state index contributed by atoms with van der Waals surface area (Å²) in [5.74, 6) is 0. The Morgan fingerprint density at radius 2 is 1.93 bits per heavy atom. The van der Waals surface area contributed by atoms with Crippen LogP contribution in [0.5, 0.6) is 0 Å². The van der Waals surface area contributed by atoms with E-state index in [4.69, 9.17) is 4.84 Å². The van der Waals surface area contributed by atoms with Crippen LogP contribution in [0.2, 0.25) is 0 Å². The Morgan fingerprint density at radius 3 is 2.40 bits per heavy atom. The maximum absolute atomic E-state index is 4.87. The lowest BCUT2D eigenvalue weighted by atomic mass is 10.1. The summed E-state index contributed by atoms with van der Waals surface area (Å²) in [6, 6.07) is 3.89. The predicted octanol–water partition coefficient (Wildman–Crippen LogP) is 3.26. The van der Waals surface area contributed by atoms with Gasteiger partial charge < -0.3 is 4.84 Å². The fourth-order valence-corrected chi connectivity index (χ4v) is 1.04. The third kappa shape index (κ3) is 4.58. The maximum Gasteiger partial charge on any atom is 0.122 e. The average Bonchev–Trinajstić information content (AvgIpc) is 2.89. The summed E-state index contributed by atoms with van der Waals surface area (Å²) in [5.41, 5.74) is 2.06. The molecule has 0 saturated heterocycles. The zero-order valence-corrected chi connectivity index (χ0v) is 10.0. The molecule has 84 valence electrons. The van der Waals surface area contributed by atoms with E-state index in [1.54, 1.807) is 12.4 Å². The number of hydrogen-bond acceptors (Lipinski definition) is 3. The fourth-order valence-electron chi connectivity index (χ4n) is 1.04. The molecule has 15 heavy (non-hydrogen) atoms. The zero-order chi connectivity index (χ0) is 11.5.